The number of halogens is 2. The SMILES string of the molecule is N#CCC#Cc1ccc(Br)cc1F. The fourth-order valence-corrected chi connectivity index (χ4v) is 1.10. The van der Waals surface area contributed by atoms with Gasteiger partial charge in [-0.05, 0) is 18.2 Å². The first-order valence-electron chi connectivity index (χ1n) is 3.55. The number of hydrogen-bond donors (Lipinski definition) is 0. The van der Waals surface area contributed by atoms with Crippen LogP contribution in [0.25, 0.3) is 0 Å². The van der Waals surface area contributed by atoms with Crippen LogP contribution in [-0.2, 0) is 0 Å². The molecule has 1 aromatic rings. The minimum atomic E-state index is -0.375. The van der Waals surface area contributed by atoms with Gasteiger partial charge in [-0.25, -0.2) is 4.39 Å². The summed E-state index contributed by atoms with van der Waals surface area (Å²) in [7, 11) is 0. The van der Waals surface area contributed by atoms with Gasteiger partial charge in [0.15, 0.2) is 0 Å². The first kappa shape index (κ1) is 9.77. The second-order valence-corrected chi connectivity index (χ2v) is 3.18. The lowest BCUT2D eigenvalue weighted by Gasteiger charge is -1.93. The summed E-state index contributed by atoms with van der Waals surface area (Å²) in [4.78, 5) is 0. The van der Waals surface area contributed by atoms with Crippen molar-refractivity contribution in [1.82, 2.24) is 0 Å². The van der Waals surface area contributed by atoms with E-state index < -0.39 is 0 Å². The smallest absolute Gasteiger partial charge is 0.139 e. The minimum Gasteiger partial charge on any atom is -0.206 e. The van der Waals surface area contributed by atoms with E-state index in [1.54, 1.807) is 12.1 Å². The van der Waals surface area contributed by atoms with Crippen molar-refractivity contribution < 1.29 is 4.39 Å². The van der Waals surface area contributed by atoms with Gasteiger partial charge in [-0.2, -0.15) is 5.26 Å². The Morgan fingerprint density at radius 3 is 2.85 bits per heavy atom. The van der Waals surface area contributed by atoms with E-state index in [-0.39, 0.29) is 12.2 Å². The molecule has 0 aliphatic heterocycles. The van der Waals surface area contributed by atoms with Gasteiger partial charge >= 0.3 is 0 Å². The molecule has 0 N–H and O–H groups in total. The summed E-state index contributed by atoms with van der Waals surface area (Å²) >= 11 is 3.14. The second kappa shape index (κ2) is 4.64. The first-order chi connectivity index (χ1) is 6.24. The molecule has 0 bridgehead atoms. The average Bonchev–Trinajstić information content (AvgIpc) is 2.09. The van der Waals surface area contributed by atoms with E-state index >= 15 is 0 Å². The van der Waals surface area contributed by atoms with Gasteiger partial charge in [0.2, 0.25) is 0 Å². The number of nitriles is 1. The van der Waals surface area contributed by atoms with Crippen LogP contribution in [0.2, 0.25) is 0 Å². The third-order valence-electron chi connectivity index (χ3n) is 1.32. The molecule has 0 unspecified atom stereocenters. The maximum Gasteiger partial charge on any atom is 0.139 e. The Labute approximate surface area is 84.3 Å². The second-order valence-electron chi connectivity index (χ2n) is 2.26. The summed E-state index contributed by atoms with van der Waals surface area (Å²) in [5, 5.41) is 8.20. The zero-order chi connectivity index (χ0) is 9.68. The van der Waals surface area contributed by atoms with E-state index in [2.05, 4.69) is 27.8 Å². The van der Waals surface area contributed by atoms with Gasteiger partial charge in [-0.3, -0.25) is 0 Å². The standard InChI is InChI=1S/C10H5BrFN/c11-9-5-4-8(10(12)7-9)3-1-2-6-13/h4-5,7H,2H2. The van der Waals surface area contributed by atoms with Crippen LogP contribution in [0.15, 0.2) is 22.7 Å². The van der Waals surface area contributed by atoms with Crippen LogP contribution in [0.3, 0.4) is 0 Å². The Kier molecular flexibility index (Phi) is 3.49. The zero-order valence-electron chi connectivity index (χ0n) is 6.64. The molecule has 0 amide bonds. The van der Waals surface area contributed by atoms with Crippen molar-refractivity contribution in [3.8, 4) is 17.9 Å². The molecule has 1 aromatic carbocycles. The maximum absolute atomic E-state index is 13.1. The molecule has 0 aliphatic carbocycles. The number of hydrogen-bond acceptors (Lipinski definition) is 1. The molecule has 0 fully saturated rings. The number of nitrogens with zero attached hydrogens (tertiary/aromatic N) is 1. The largest absolute Gasteiger partial charge is 0.206 e. The van der Waals surface area contributed by atoms with Gasteiger partial charge in [0, 0.05) is 4.47 Å². The Balaban J connectivity index is 2.93. The Morgan fingerprint density at radius 2 is 2.23 bits per heavy atom. The van der Waals surface area contributed by atoms with Crippen molar-refractivity contribution >= 4 is 15.9 Å². The minimum absolute atomic E-state index is 0.121. The van der Waals surface area contributed by atoms with E-state index in [1.807, 2.05) is 6.07 Å². The van der Waals surface area contributed by atoms with Crippen molar-refractivity contribution in [2.24, 2.45) is 0 Å². The van der Waals surface area contributed by atoms with Gasteiger partial charge in [-0.1, -0.05) is 27.8 Å². The highest BCUT2D eigenvalue weighted by Gasteiger charge is 1.97. The van der Waals surface area contributed by atoms with E-state index in [0.29, 0.717) is 10.0 Å². The predicted octanol–water partition coefficient (Wildman–Crippen LogP) is 2.85. The summed E-state index contributed by atoms with van der Waals surface area (Å²) in [6, 6.07) is 6.49. The summed E-state index contributed by atoms with van der Waals surface area (Å²) < 4.78 is 13.7. The third kappa shape index (κ3) is 2.89. The fraction of sp³-hybridized carbons (Fsp3) is 0.100. The molecule has 0 saturated heterocycles. The highest BCUT2D eigenvalue weighted by molar-refractivity contribution is 9.10. The molecule has 0 atom stereocenters. The molecule has 0 aromatic heterocycles. The van der Waals surface area contributed by atoms with E-state index in [1.165, 1.54) is 6.07 Å². The van der Waals surface area contributed by atoms with Crippen LogP contribution in [0.5, 0.6) is 0 Å². The van der Waals surface area contributed by atoms with Crippen molar-refractivity contribution in [3.63, 3.8) is 0 Å². The maximum atomic E-state index is 13.1. The van der Waals surface area contributed by atoms with Crippen molar-refractivity contribution in [1.29, 1.82) is 5.26 Å². The van der Waals surface area contributed by atoms with Crippen LogP contribution < -0.4 is 0 Å². The van der Waals surface area contributed by atoms with Crippen LogP contribution >= 0.6 is 15.9 Å². The topological polar surface area (TPSA) is 23.8 Å². The molecule has 13 heavy (non-hydrogen) atoms. The molecular weight excluding hydrogens is 233 g/mol. The van der Waals surface area contributed by atoms with Gasteiger partial charge in [-0.15, -0.1) is 0 Å². The first-order valence-corrected chi connectivity index (χ1v) is 4.34. The van der Waals surface area contributed by atoms with Gasteiger partial charge in [0.05, 0.1) is 18.1 Å². The lowest BCUT2D eigenvalue weighted by atomic mass is 10.2. The molecule has 0 heterocycles. The van der Waals surface area contributed by atoms with Gasteiger partial charge in [0.25, 0.3) is 0 Å². The molecule has 0 radical (unpaired) electrons. The average molecular weight is 238 g/mol. The molecule has 1 rings (SSSR count). The summed E-state index contributed by atoms with van der Waals surface area (Å²) in [5.74, 6) is 4.74. The molecule has 64 valence electrons. The van der Waals surface area contributed by atoms with E-state index in [9.17, 15) is 4.39 Å². The van der Waals surface area contributed by atoms with E-state index in [0.717, 1.165) is 0 Å². The molecule has 3 heteroatoms. The number of rotatable bonds is 0. The Hall–Kier alpha value is -1.32. The zero-order valence-corrected chi connectivity index (χ0v) is 8.23. The number of benzene rings is 1. The molecule has 0 aliphatic rings. The monoisotopic (exact) mass is 237 g/mol. The summed E-state index contributed by atoms with van der Waals surface area (Å²) in [5.41, 5.74) is 0.318. The van der Waals surface area contributed by atoms with Crippen molar-refractivity contribution in [2.75, 3.05) is 0 Å². The van der Waals surface area contributed by atoms with E-state index in [4.69, 9.17) is 5.26 Å². The Morgan fingerprint density at radius 1 is 1.46 bits per heavy atom. The summed E-state index contributed by atoms with van der Waals surface area (Å²) in [6.45, 7) is 0. The molecule has 0 saturated carbocycles. The third-order valence-corrected chi connectivity index (χ3v) is 1.81. The Bertz CT molecular complexity index is 409. The highest BCUT2D eigenvalue weighted by atomic mass is 79.9. The van der Waals surface area contributed by atoms with Crippen LogP contribution in [0, 0.1) is 29.0 Å². The van der Waals surface area contributed by atoms with Crippen LogP contribution in [0.4, 0.5) is 4.39 Å². The fourth-order valence-electron chi connectivity index (χ4n) is 0.770. The molecule has 1 nitrogen and oxygen atoms in total. The predicted molar refractivity (Wildman–Crippen MR) is 51.2 cm³/mol. The quantitative estimate of drug-likeness (QED) is 0.637. The van der Waals surface area contributed by atoms with Crippen LogP contribution in [-0.4, -0.2) is 0 Å². The van der Waals surface area contributed by atoms with Crippen molar-refractivity contribution in [3.05, 3.63) is 34.1 Å². The lowest BCUT2D eigenvalue weighted by Crippen LogP contribution is -1.82. The summed E-state index contributed by atoms with van der Waals surface area (Å²) in [6.07, 6.45) is 0.121. The highest BCUT2D eigenvalue weighted by Crippen LogP contribution is 2.14. The van der Waals surface area contributed by atoms with Gasteiger partial charge < -0.3 is 0 Å². The van der Waals surface area contributed by atoms with Gasteiger partial charge in [0.1, 0.15) is 5.82 Å². The molecular formula is C10H5BrFN. The lowest BCUT2D eigenvalue weighted by molar-refractivity contribution is 0.623. The van der Waals surface area contributed by atoms with Crippen LogP contribution in [0.1, 0.15) is 12.0 Å². The molecule has 0 spiro atoms. The normalized spacial score (nSPS) is 8.38. The van der Waals surface area contributed by atoms with Crippen molar-refractivity contribution in [2.45, 2.75) is 6.42 Å².